The summed E-state index contributed by atoms with van der Waals surface area (Å²) >= 11 is 7.27. The molecule has 1 N–H and O–H groups in total. The fourth-order valence-corrected chi connectivity index (χ4v) is 4.07. The van der Waals surface area contributed by atoms with Crippen LogP contribution in [0.15, 0.2) is 53.9 Å². The quantitative estimate of drug-likeness (QED) is 0.351. The van der Waals surface area contributed by atoms with Crippen molar-refractivity contribution >= 4 is 45.9 Å². The van der Waals surface area contributed by atoms with Gasteiger partial charge < -0.3 is 10.1 Å². The van der Waals surface area contributed by atoms with Gasteiger partial charge in [-0.25, -0.2) is 4.79 Å². The van der Waals surface area contributed by atoms with Crippen LogP contribution in [0.2, 0.25) is 5.02 Å². The molecule has 0 radical (unpaired) electrons. The van der Waals surface area contributed by atoms with E-state index in [0.29, 0.717) is 15.6 Å². The van der Waals surface area contributed by atoms with E-state index in [9.17, 15) is 9.59 Å². The normalized spacial score (nSPS) is 10.9. The number of carbonyl (C=O) groups is 2. The van der Waals surface area contributed by atoms with Crippen molar-refractivity contribution in [3.05, 3.63) is 81.2 Å². The fraction of sp³-hybridized carbons (Fsp3) is 0.167. The summed E-state index contributed by atoms with van der Waals surface area (Å²) < 4.78 is 5.25. The summed E-state index contributed by atoms with van der Waals surface area (Å²) in [6.07, 6.45) is 3.08. The second-order valence-electron chi connectivity index (χ2n) is 6.75. The summed E-state index contributed by atoms with van der Waals surface area (Å²) in [5.41, 5.74) is 5.14. The summed E-state index contributed by atoms with van der Waals surface area (Å²) in [7, 11) is 0. The van der Waals surface area contributed by atoms with Crippen molar-refractivity contribution in [3.63, 3.8) is 0 Å². The smallest absolute Gasteiger partial charge is 0.341 e. The molecule has 0 unspecified atom stereocenters. The first-order valence-corrected chi connectivity index (χ1v) is 10.8. The Kier molecular flexibility index (Phi) is 7.08. The molecular weight excluding hydrogens is 418 g/mol. The summed E-state index contributed by atoms with van der Waals surface area (Å²) in [6, 6.07) is 13.2. The molecule has 6 heteroatoms. The molecule has 0 atom stereocenters. The zero-order chi connectivity index (χ0) is 21.7. The van der Waals surface area contributed by atoms with E-state index in [1.165, 1.54) is 23.0 Å². The highest BCUT2D eigenvalue weighted by molar-refractivity contribution is 7.15. The van der Waals surface area contributed by atoms with E-state index in [1.807, 2.05) is 49.6 Å². The number of rotatable bonds is 6. The van der Waals surface area contributed by atoms with Crippen molar-refractivity contribution in [3.8, 4) is 11.1 Å². The van der Waals surface area contributed by atoms with Gasteiger partial charge in [-0.15, -0.1) is 11.3 Å². The number of halogens is 1. The molecule has 0 aliphatic rings. The maximum Gasteiger partial charge on any atom is 0.341 e. The van der Waals surface area contributed by atoms with Crippen LogP contribution in [0.25, 0.3) is 17.2 Å². The Morgan fingerprint density at radius 1 is 1.13 bits per heavy atom. The number of aryl methyl sites for hydroxylation is 2. The van der Waals surface area contributed by atoms with Crippen LogP contribution in [0.4, 0.5) is 5.00 Å². The molecular formula is C24H22ClNO3S. The zero-order valence-electron chi connectivity index (χ0n) is 17.0. The lowest BCUT2D eigenvalue weighted by Gasteiger charge is -2.09. The largest absolute Gasteiger partial charge is 0.462 e. The molecule has 0 spiro atoms. The Labute approximate surface area is 185 Å². The van der Waals surface area contributed by atoms with E-state index in [1.54, 1.807) is 25.1 Å². The Morgan fingerprint density at radius 2 is 1.93 bits per heavy atom. The molecule has 0 saturated heterocycles. The van der Waals surface area contributed by atoms with E-state index >= 15 is 0 Å². The monoisotopic (exact) mass is 439 g/mol. The molecule has 154 valence electrons. The number of nitrogens with one attached hydrogen (secondary N) is 1. The first-order chi connectivity index (χ1) is 14.4. The highest BCUT2D eigenvalue weighted by Crippen LogP contribution is 2.37. The van der Waals surface area contributed by atoms with Crippen LogP contribution in [0.5, 0.6) is 0 Å². The lowest BCUT2D eigenvalue weighted by atomic mass is 9.99. The van der Waals surface area contributed by atoms with Crippen molar-refractivity contribution in [2.45, 2.75) is 20.8 Å². The number of thiophene rings is 1. The highest BCUT2D eigenvalue weighted by atomic mass is 35.5. The van der Waals surface area contributed by atoms with Gasteiger partial charge in [-0.3, -0.25) is 4.79 Å². The average Bonchev–Trinajstić information content (AvgIpc) is 3.12. The van der Waals surface area contributed by atoms with E-state index in [-0.39, 0.29) is 12.5 Å². The predicted molar refractivity (Wildman–Crippen MR) is 124 cm³/mol. The van der Waals surface area contributed by atoms with Crippen molar-refractivity contribution < 1.29 is 14.3 Å². The van der Waals surface area contributed by atoms with Crippen molar-refractivity contribution in [1.82, 2.24) is 0 Å². The molecule has 3 rings (SSSR count). The number of ether oxygens (including phenoxy) is 1. The third-order valence-electron chi connectivity index (χ3n) is 4.60. The van der Waals surface area contributed by atoms with Gasteiger partial charge in [-0.1, -0.05) is 41.9 Å². The molecule has 0 fully saturated rings. The SMILES string of the molecule is CCOC(=O)c1c(-c2ccc(C)c(C)c2)csc1NC(=O)C=Cc1cccc(Cl)c1. The molecule has 0 bridgehead atoms. The Hall–Kier alpha value is -2.89. The summed E-state index contributed by atoms with van der Waals surface area (Å²) in [5, 5.41) is 5.73. The van der Waals surface area contributed by atoms with Crippen LogP contribution in [0.1, 0.15) is 34.0 Å². The molecule has 1 aromatic heterocycles. The minimum Gasteiger partial charge on any atom is -0.462 e. The minimum absolute atomic E-state index is 0.253. The van der Waals surface area contributed by atoms with Gasteiger partial charge in [0, 0.05) is 22.0 Å². The van der Waals surface area contributed by atoms with Gasteiger partial charge in [-0.05, 0) is 61.2 Å². The lowest BCUT2D eigenvalue weighted by molar-refractivity contribution is -0.111. The first kappa shape index (κ1) is 21.8. The molecule has 30 heavy (non-hydrogen) atoms. The second kappa shape index (κ2) is 9.74. The van der Waals surface area contributed by atoms with E-state index in [2.05, 4.69) is 5.32 Å². The maximum atomic E-state index is 12.7. The molecule has 4 nitrogen and oxygen atoms in total. The van der Waals surface area contributed by atoms with Gasteiger partial charge in [-0.2, -0.15) is 0 Å². The third kappa shape index (κ3) is 5.17. The Morgan fingerprint density at radius 3 is 2.63 bits per heavy atom. The van der Waals surface area contributed by atoms with Crippen molar-refractivity contribution in [2.24, 2.45) is 0 Å². The maximum absolute atomic E-state index is 12.7. The van der Waals surface area contributed by atoms with Gasteiger partial charge >= 0.3 is 5.97 Å². The summed E-state index contributed by atoms with van der Waals surface area (Å²) in [5.74, 6) is -0.796. The first-order valence-electron chi connectivity index (χ1n) is 9.50. The molecule has 0 aliphatic carbocycles. The standard InChI is InChI=1S/C24H22ClNO3S/c1-4-29-24(28)22-20(18-10-8-15(2)16(3)12-18)14-30-23(22)26-21(27)11-9-17-6-5-7-19(25)13-17/h5-14H,4H2,1-3H3,(H,26,27). The van der Waals surface area contributed by atoms with Crippen LogP contribution < -0.4 is 5.32 Å². The Bertz CT molecular complexity index is 1120. The van der Waals surface area contributed by atoms with Gasteiger partial charge in [0.15, 0.2) is 0 Å². The van der Waals surface area contributed by atoms with Crippen LogP contribution in [-0.4, -0.2) is 18.5 Å². The highest BCUT2D eigenvalue weighted by Gasteiger charge is 2.22. The average molecular weight is 440 g/mol. The molecule has 1 amide bonds. The molecule has 3 aromatic rings. The van der Waals surface area contributed by atoms with Gasteiger partial charge in [0.05, 0.1) is 6.61 Å². The minimum atomic E-state index is -0.457. The lowest BCUT2D eigenvalue weighted by Crippen LogP contribution is -2.12. The predicted octanol–water partition coefficient (Wildman–Crippen LogP) is 6.51. The van der Waals surface area contributed by atoms with E-state index in [0.717, 1.165) is 22.3 Å². The van der Waals surface area contributed by atoms with Gasteiger partial charge in [0.2, 0.25) is 5.91 Å². The molecule has 0 saturated carbocycles. The second-order valence-corrected chi connectivity index (χ2v) is 8.07. The number of hydrogen-bond acceptors (Lipinski definition) is 4. The van der Waals surface area contributed by atoms with E-state index in [4.69, 9.17) is 16.3 Å². The van der Waals surface area contributed by atoms with Crippen LogP contribution in [-0.2, 0) is 9.53 Å². The number of carbonyl (C=O) groups excluding carboxylic acids is 2. The van der Waals surface area contributed by atoms with Gasteiger partial charge in [0.1, 0.15) is 10.6 Å². The van der Waals surface area contributed by atoms with Crippen LogP contribution in [0, 0.1) is 13.8 Å². The molecule has 2 aromatic carbocycles. The number of esters is 1. The fourth-order valence-electron chi connectivity index (χ4n) is 2.91. The number of anilines is 1. The van der Waals surface area contributed by atoms with Crippen LogP contribution >= 0.6 is 22.9 Å². The van der Waals surface area contributed by atoms with Crippen molar-refractivity contribution in [1.29, 1.82) is 0 Å². The summed E-state index contributed by atoms with van der Waals surface area (Å²) in [4.78, 5) is 25.1. The number of hydrogen-bond donors (Lipinski definition) is 1. The zero-order valence-corrected chi connectivity index (χ0v) is 18.6. The molecule has 1 heterocycles. The molecule has 0 aliphatic heterocycles. The summed E-state index contributed by atoms with van der Waals surface area (Å²) in [6.45, 7) is 6.07. The Balaban J connectivity index is 1.90. The van der Waals surface area contributed by atoms with E-state index < -0.39 is 5.97 Å². The topological polar surface area (TPSA) is 55.4 Å². The van der Waals surface area contributed by atoms with Gasteiger partial charge in [0.25, 0.3) is 0 Å². The number of benzene rings is 2. The van der Waals surface area contributed by atoms with Crippen LogP contribution in [0.3, 0.4) is 0 Å². The third-order valence-corrected chi connectivity index (χ3v) is 5.73. The number of amides is 1. The van der Waals surface area contributed by atoms with Crippen molar-refractivity contribution in [2.75, 3.05) is 11.9 Å².